The molecule has 0 unspecified atom stereocenters. The van der Waals surface area contributed by atoms with E-state index >= 15 is 0 Å². The van der Waals surface area contributed by atoms with Gasteiger partial charge in [-0.15, -0.1) is 0 Å². The van der Waals surface area contributed by atoms with Crippen LogP contribution in [0.4, 0.5) is 0 Å². The zero-order valence-corrected chi connectivity index (χ0v) is 11.6. The maximum absolute atomic E-state index is 12.2. The molecule has 1 amide bonds. The Balaban J connectivity index is 1.69. The Morgan fingerprint density at radius 1 is 1.05 bits per heavy atom. The largest absolute Gasteiger partial charge is 0.361 e. The first-order chi connectivity index (χ1) is 10.3. The number of nitrogens with two attached hydrogens (primary N) is 1. The summed E-state index contributed by atoms with van der Waals surface area (Å²) in [6.07, 6.45) is 2.70. The molecular weight excluding hydrogens is 262 g/mol. The maximum atomic E-state index is 12.2. The molecule has 0 saturated carbocycles. The Kier molecular flexibility index (Phi) is 3.71. The van der Waals surface area contributed by atoms with E-state index in [9.17, 15) is 4.79 Å². The summed E-state index contributed by atoms with van der Waals surface area (Å²) in [5, 5.41) is 2.45. The minimum atomic E-state index is -0.157. The number of rotatable bonds is 4. The molecule has 3 rings (SSSR count). The summed E-state index contributed by atoms with van der Waals surface area (Å²) in [5.41, 5.74) is 2.88. The van der Waals surface area contributed by atoms with Crippen molar-refractivity contribution in [2.45, 2.75) is 6.42 Å². The van der Waals surface area contributed by atoms with Gasteiger partial charge >= 0.3 is 0 Å². The average Bonchev–Trinajstić information content (AvgIpc) is 2.96. The summed E-state index contributed by atoms with van der Waals surface area (Å²) < 4.78 is 0. The van der Waals surface area contributed by atoms with Crippen LogP contribution in [0.2, 0.25) is 0 Å². The number of benzene rings is 2. The lowest BCUT2D eigenvalue weighted by atomic mass is 10.1. The van der Waals surface area contributed by atoms with E-state index in [2.05, 4.69) is 11.1 Å². The third-order valence-corrected chi connectivity index (χ3v) is 3.58. The Morgan fingerprint density at radius 3 is 2.57 bits per heavy atom. The van der Waals surface area contributed by atoms with E-state index in [0.29, 0.717) is 12.1 Å². The molecule has 0 spiro atoms. The quantitative estimate of drug-likeness (QED) is 0.438. The number of nitrogens with zero attached hydrogens (tertiary/aromatic N) is 1. The average molecular weight is 279 g/mol. The van der Waals surface area contributed by atoms with E-state index < -0.39 is 0 Å². The third-order valence-electron chi connectivity index (χ3n) is 3.58. The number of fused-ring (bicyclic) bond motifs is 1. The summed E-state index contributed by atoms with van der Waals surface area (Å²) >= 11 is 0. The minimum Gasteiger partial charge on any atom is -0.361 e. The van der Waals surface area contributed by atoms with E-state index in [1.165, 1.54) is 16.0 Å². The number of aromatic nitrogens is 1. The highest BCUT2D eigenvalue weighted by atomic mass is 16.2. The van der Waals surface area contributed by atoms with Crippen LogP contribution in [0.3, 0.4) is 0 Å². The first-order valence-corrected chi connectivity index (χ1v) is 6.92. The lowest BCUT2D eigenvalue weighted by Crippen LogP contribution is -2.38. The van der Waals surface area contributed by atoms with Gasteiger partial charge in [0.15, 0.2) is 0 Å². The van der Waals surface area contributed by atoms with Gasteiger partial charge < -0.3 is 4.98 Å². The SMILES string of the molecule is NN(CCc1c[nH]c2ccccc12)C(=O)c1ccccc1. The predicted molar refractivity (Wildman–Crippen MR) is 83.7 cm³/mol. The third kappa shape index (κ3) is 2.80. The lowest BCUT2D eigenvalue weighted by Gasteiger charge is -2.16. The van der Waals surface area contributed by atoms with Gasteiger partial charge in [-0.3, -0.25) is 9.80 Å². The maximum Gasteiger partial charge on any atom is 0.267 e. The fourth-order valence-corrected chi connectivity index (χ4v) is 2.43. The molecule has 4 nitrogen and oxygen atoms in total. The van der Waals surface area contributed by atoms with Gasteiger partial charge in [0.2, 0.25) is 0 Å². The molecule has 0 aliphatic rings. The summed E-state index contributed by atoms with van der Waals surface area (Å²) in [4.78, 5) is 15.4. The molecular formula is C17H17N3O. The minimum absolute atomic E-state index is 0.157. The van der Waals surface area contributed by atoms with Crippen molar-refractivity contribution in [3.63, 3.8) is 0 Å². The Labute approximate surface area is 123 Å². The highest BCUT2D eigenvalue weighted by molar-refractivity contribution is 5.93. The number of aromatic amines is 1. The van der Waals surface area contributed by atoms with Gasteiger partial charge in [-0.1, -0.05) is 36.4 Å². The fourth-order valence-electron chi connectivity index (χ4n) is 2.43. The number of amides is 1. The molecule has 0 fully saturated rings. The highest BCUT2D eigenvalue weighted by Crippen LogP contribution is 2.18. The normalized spacial score (nSPS) is 10.7. The summed E-state index contributed by atoms with van der Waals surface area (Å²) in [7, 11) is 0. The van der Waals surface area contributed by atoms with Crippen molar-refractivity contribution in [3.8, 4) is 0 Å². The summed E-state index contributed by atoms with van der Waals surface area (Å²) in [6, 6.07) is 17.2. The van der Waals surface area contributed by atoms with Crippen LogP contribution in [-0.4, -0.2) is 22.4 Å². The van der Waals surface area contributed by atoms with Crippen molar-refractivity contribution in [2.24, 2.45) is 5.84 Å². The van der Waals surface area contributed by atoms with Crippen molar-refractivity contribution in [1.82, 2.24) is 9.99 Å². The monoisotopic (exact) mass is 279 g/mol. The molecule has 3 aromatic rings. The molecule has 0 aliphatic carbocycles. The van der Waals surface area contributed by atoms with Crippen LogP contribution < -0.4 is 5.84 Å². The van der Waals surface area contributed by atoms with Crippen LogP contribution in [0, 0.1) is 0 Å². The van der Waals surface area contributed by atoms with Gasteiger partial charge in [0.05, 0.1) is 0 Å². The van der Waals surface area contributed by atoms with Crippen molar-refractivity contribution in [2.75, 3.05) is 6.54 Å². The van der Waals surface area contributed by atoms with Crippen LogP contribution in [0.25, 0.3) is 10.9 Å². The zero-order chi connectivity index (χ0) is 14.7. The first kappa shape index (κ1) is 13.4. The van der Waals surface area contributed by atoms with Crippen molar-refractivity contribution < 1.29 is 4.79 Å². The fraction of sp³-hybridized carbons (Fsp3) is 0.118. The Morgan fingerprint density at radius 2 is 1.76 bits per heavy atom. The molecule has 0 saturated heterocycles. The molecule has 1 heterocycles. The molecule has 106 valence electrons. The van der Waals surface area contributed by atoms with Crippen molar-refractivity contribution in [1.29, 1.82) is 0 Å². The van der Waals surface area contributed by atoms with E-state index in [4.69, 9.17) is 5.84 Å². The predicted octanol–water partition coefficient (Wildman–Crippen LogP) is 2.73. The van der Waals surface area contributed by atoms with Crippen LogP contribution in [0.5, 0.6) is 0 Å². The lowest BCUT2D eigenvalue weighted by molar-refractivity contribution is 0.0757. The summed E-state index contributed by atoms with van der Waals surface area (Å²) in [6.45, 7) is 0.482. The van der Waals surface area contributed by atoms with Gasteiger partial charge in [-0.25, -0.2) is 5.84 Å². The van der Waals surface area contributed by atoms with E-state index in [1.807, 2.05) is 42.6 Å². The Hall–Kier alpha value is -2.59. The Bertz CT molecular complexity index is 749. The molecule has 21 heavy (non-hydrogen) atoms. The summed E-state index contributed by atoms with van der Waals surface area (Å²) in [5.74, 6) is 5.73. The number of nitrogens with one attached hydrogen (secondary N) is 1. The standard InChI is InChI=1S/C17H17N3O/c18-20(17(21)13-6-2-1-3-7-13)11-10-14-12-19-16-9-5-4-8-15(14)16/h1-9,12,19H,10-11,18H2. The second kappa shape index (κ2) is 5.81. The zero-order valence-electron chi connectivity index (χ0n) is 11.6. The van der Waals surface area contributed by atoms with Gasteiger partial charge in [-0.2, -0.15) is 0 Å². The van der Waals surface area contributed by atoms with E-state index in [1.54, 1.807) is 12.1 Å². The molecule has 0 radical (unpaired) electrons. The van der Waals surface area contributed by atoms with E-state index in [0.717, 1.165) is 11.9 Å². The number of H-pyrrole nitrogens is 1. The molecule has 0 aliphatic heterocycles. The van der Waals surface area contributed by atoms with Crippen LogP contribution in [0.15, 0.2) is 60.8 Å². The highest BCUT2D eigenvalue weighted by Gasteiger charge is 2.12. The number of para-hydroxylation sites is 1. The van der Waals surface area contributed by atoms with Crippen molar-refractivity contribution in [3.05, 3.63) is 71.9 Å². The van der Waals surface area contributed by atoms with Gasteiger partial charge in [0.1, 0.15) is 0 Å². The van der Waals surface area contributed by atoms with Crippen molar-refractivity contribution >= 4 is 16.8 Å². The van der Waals surface area contributed by atoms with Gasteiger partial charge in [0, 0.05) is 29.2 Å². The van der Waals surface area contributed by atoms with E-state index in [-0.39, 0.29) is 5.91 Å². The second-order valence-electron chi connectivity index (χ2n) is 4.97. The number of hydrogen-bond acceptors (Lipinski definition) is 2. The first-order valence-electron chi connectivity index (χ1n) is 6.92. The van der Waals surface area contributed by atoms with Gasteiger partial charge in [0.25, 0.3) is 5.91 Å². The molecule has 4 heteroatoms. The van der Waals surface area contributed by atoms with Crippen LogP contribution in [0.1, 0.15) is 15.9 Å². The smallest absolute Gasteiger partial charge is 0.267 e. The molecule has 2 aromatic carbocycles. The topological polar surface area (TPSA) is 62.1 Å². The molecule has 3 N–H and O–H groups in total. The molecule has 1 aromatic heterocycles. The second-order valence-corrected chi connectivity index (χ2v) is 4.97. The van der Waals surface area contributed by atoms with Crippen LogP contribution in [-0.2, 0) is 6.42 Å². The van der Waals surface area contributed by atoms with Crippen LogP contribution >= 0.6 is 0 Å². The number of hydrogen-bond donors (Lipinski definition) is 2. The molecule has 0 atom stereocenters. The number of hydrazine groups is 1. The number of carbonyl (C=O) groups excluding carboxylic acids is 1. The number of carbonyl (C=O) groups is 1. The molecule has 0 bridgehead atoms. The van der Waals surface area contributed by atoms with Gasteiger partial charge in [-0.05, 0) is 30.2 Å².